The first-order chi connectivity index (χ1) is 34.6. The minimum absolute atomic E-state index is 0.0152. The van der Waals surface area contributed by atoms with E-state index in [2.05, 4.69) is 56.0 Å². The summed E-state index contributed by atoms with van der Waals surface area (Å²) < 4.78 is 64.4. The Labute approximate surface area is 418 Å². The molecule has 17 nitrogen and oxygen atoms in total. The molecule has 0 unspecified atom stereocenters. The topological polar surface area (TPSA) is 205 Å². The molecule has 0 radical (unpaired) electrons. The predicted molar refractivity (Wildman–Crippen MR) is 270 cm³/mol. The second-order valence-corrected chi connectivity index (χ2v) is 23.0. The van der Waals surface area contributed by atoms with Crippen molar-refractivity contribution in [2.75, 3.05) is 74.3 Å². The molecule has 3 saturated heterocycles. The smallest absolute Gasteiger partial charge is 0.293 e. The molecule has 4 N–H and O–H groups in total. The summed E-state index contributed by atoms with van der Waals surface area (Å²) in [6.07, 6.45) is 8.45. The molecule has 5 aromatic rings. The summed E-state index contributed by atoms with van der Waals surface area (Å²) in [6.45, 7) is 9.38. The highest BCUT2D eigenvalue weighted by atomic mass is 32.2. The third-order valence-electron chi connectivity index (χ3n) is 16.6. The molecule has 1 spiro atoms. The molecule has 2 aliphatic carbocycles. The molecule has 6 heterocycles. The van der Waals surface area contributed by atoms with Crippen LogP contribution in [0.4, 0.5) is 32.8 Å². The lowest BCUT2D eigenvalue weighted by atomic mass is 9.59. The number of sulfonamides is 1. The first-order valence-corrected chi connectivity index (χ1v) is 26.9. The summed E-state index contributed by atoms with van der Waals surface area (Å²) >= 11 is 0. The number of nitro benzene ring substituents is 1. The summed E-state index contributed by atoms with van der Waals surface area (Å²) in [5.41, 5.74) is 3.72. The van der Waals surface area contributed by atoms with E-state index in [0.29, 0.717) is 68.7 Å². The number of carbonyl (C=O) groups is 1. The number of aromatic amines is 1. The maximum Gasteiger partial charge on any atom is 0.293 e. The zero-order chi connectivity index (χ0) is 49.9. The Hall–Kier alpha value is -5.86. The van der Waals surface area contributed by atoms with E-state index < -0.39 is 42.9 Å². The first kappa shape index (κ1) is 48.4. The van der Waals surface area contributed by atoms with Gasteiger partial charge in [0.05, 0.1) is 64.5 Å². The number of halogens is 1. The average molecular weight is 1010 g/mol. The Bertz CT molecular complexity index is 2980. The fraction of sp³-hybridized carbons (Fsp3) is 0.509. The summed E-state index contributed by atoms with van der Waals surface area (Å²) in [5, 5.41) is 26.1. The molecule has 4 aliphatic heterocycles. The number of nitrogens with zero attached hydrogens (tertiary/aromatic N) is 5. The van der Waals surface area contributed by atoms with E-state index in [1.165, 1.54) is 29.5 Å². The van der Waals surface area contributed by atoms with Crippen LogP contribution in [-0.4, -0.2) is 116 Å². The highest BCUT2D eigenvalue weighted by Crippen LogP contribution is 2.53. The number of benzene rings is 3. The Morgan fingerprint density at radius 3 is 2.53 bits per heavy atom. The molecule has 11 rings (SSSR count). The van der Waals surface area contributed by atoms with Crippen LogP contribution >= 0.6 is 0 Å². The molecule has 0 bridgehead atoms. The molecule has 19 heteroatoms. The largest absolute Gasteiger partial charge is 0.472 e. The second kappa shape index (κ2) is 19.2. The van der Waals surface area contributed by atoms with Crippen molar-refractivity contribution in [1.82, 2.24) is 19.6 Å². The number of hydrogen-bond donors (Lipinski definition) is 4. The van der Waals surface area contributed by atoms with Gasteiger partial charge in [0.1, 0.15) is 28.9 Å². The number of nitrogens with one attached hydrogen (secondary N) is 3. The molecule has 5 fully saturated rings. The molecule has 382 valence electrons. The van der Waals surface area contributed by atoms with Crippen LogP contribution in [0.3, 0.4) is 0 Å². The maximum absolute atomic E-state index is 15.4. The van der Waals surface area contributed by atoms with E-state index >= 15 is 4.39 Å². The van der Waals surface area contributed by atoms with Crippen molar-refractivity contribution in [2.24, 2.45) is 17.3 Å². The normalized spacial score (nSPS) is 25.7. The number of aryl methyl sites for hydroxylation is 1. The van der Waals surface area contributed by atoms with Crippen LogP contribution in [0.15, 0.2) is 77.8 Å². The predicted octanol–water partition coefficient (Wildman–Crippen LogP) is 8.15. The number of carbonyl (C=O) groups excluding carboxylic acids is 1. The molecule has 3 atom stereocenters. The summed E-state index contributed by atoms with van der Waals surface area (Å²) in [5.74, 6) is -1.24. The van der Waals surface area contributed by atoms with Gasteiger partial charge in [-0.15, -0.1) is 0 Å². The Morgan fingerprint density at radius 2 is 1.75 bits per heavy atom. The number of aromatic nitrogens is 2. The minimum Gasteiger partial charge on any atom is -0.472 e. The van der Waals surface area contributed by atoms with Gasteiger partial charge in [-0.3, -0.25) is 19.8 Å². The summed E-state index contributed by atoms with van der Waals surface area (Å²) in [4.78, 5) is 40.4. The van der Waals surface area contributed by atoms with Crippen LogP contribution < -0.4 is 24.6 Å². The monoisotopic (exact) mass is 1010 g/mol. The van der Waals surface area contributed by atoms with Gasteiger partial charge in [0.15, 0.2) is 0 Å². The van der Waals surface area contributed by atoms with Gasteiger partial charge in [-0.05, 0) is 124 Å². The number of anilines is 4. The Balaban J connectivity index is 0.878. The highest BCUT2D eigenvalue weighted by Gasteiger charge is 2.50. The van der Waals surface area contributed by atoms with E-state index in [9.17, 15) is 28.4 Å². The van der Waals surface area contributed by atoms with E-state index in [1.54, 1.807) is 19.1 Å². The van der Waals surface area contributed by atoms with Gasteiger partial charge in [0.2, 0.25) is 5.88 Å². The van der Waals surface area contributed by atoms with Crippen LogP contribution in [0.25, 0.3) is 11.0 Å². The van der Waals surface area contributed by atoms with Crippen molar-refractivity contribution >= 4 is 55.4 Å². The van der Waals surface area contributed by atoms with Gasteiger partial charge >= 0.3 is 0 Å². The minimum atomic E-state index is -4.67. The molecule has 72 heavy (non-hydrogen) atoms. The lowest BCUT2D eigenvalue weighted by Gasteiger charge is -2.57. The third-order valence-corrected chi connectivity index (χ3v) is 18.0. The van der Waals surface area contributed by atoms with Gasteiger partial charge in [-0.1, -0.05) is 24.3 Å². The molecule has 1 amide bonds. The quantitative estimate of drug-likeness (QED) is 0.0729. The number of morpholine rings is 1. The van der Waals surface area contributed by atoms with E-state index in [1.807, 2.05) is 17.0 Å². The van der Waals surface area contributed by atoms with Crippen LogP contribution in [0.5, 0.6) is 5.88 Å². The van der Waals surface area contributed by atoms with Crippen LogP contribution in [0, 0.1) is 40.1 Å². The first-order valence-electron chi connectivity index (χ1n) is 25.4. The molecular formula is C53H63FN8O9S. The van der Waals surface area contributed by atoms with Gasteiger partial charge in [-0.2, -0.15) is 4.98 Å². The number of piperidine rings is 1. The van der Waals surface area contributed by atoms with Gasteiger partial charge in [0, 0.05) is 69.1 Å². The number of amides is 1. The van der Waals surface area contributed by atoms with Crippen molar-refractivity contribution in [3.8, 4) is 5.88 Å². The van der Waals surface area contributed by atoms with E-state index in [-0.39, 0.29) is 58.5 Å². The van der Waals surface area contributed by atoms with E-state index in [0.717, 1.165) is 76.5 Å². The van der Waals surface area contributed by atoms with Crippen molar-refractivity contribution in [3.63, 3.8) is 0 Å². The number of H-pyrrole nitrogens is 1. The number of hydrogen-bond acceptors (Lipinski definition) is 14. The van der Waals surface area contributed by atoms with Gasteiger partial charge in [-0.25, -0.2) is 17.5 Å². The number of ether oxygens (including phenoxy) is 3. The summed E-state index contributed by atoms with van der Waals surface area (Å²) in [7, 11) is -4.67. The van der Waals surface area contributed by atoms with Gasteiger partial charge < -0.3 is 39.4 Å². The van der Waals surface area contributed by atoms with Crippen molar-refractivity contribution < 1.29 is 41.8 Å². The van der Waals surface area contributed by atoms with E-state index in [4.69, 9.17) is 19.2 Å². The van der Waals surface area contributed by atoms with Crippen molar-refractivity contribution in [3.05, 3.63) is 106 Å². The van der Waals surface area contributed by atoms with Crippen molar-refractivity contribution in [2.45, 2.75) is 100 Å². The second-order valence-electron chi connectivity index (χ2n) is 21.4. The SMILES string of the molecule is Cc1ccccc1[C@@H]1COCCN1C1CC2(CCN(c3ccc(C(=O)NS(=O)(=O)c4ccc(NC[C@H]5CC[C@](C)(O)CC5)c([N+](=O)[O-])c4)c(N4C[C@@H]5COCC[C@H]5Oc5nc6[nH]cc(F)c6cc54)c3)CC2)C1. The average Bonchev–Trinajstić information content (AvgIpc) is 3.63. The van der Waals surface area contributed by atoms with Crippen LogP contribution in [-0.2, 0) is 19.5 Å². The van der Waals surface area contributed by atoms with Crippen LogP contribution in [0.2, 0.25) is 0 Å². The number of fused-ring (bicyclic) bond motifs is 3. The molecular weight excluding hydrogens is 944 g/mol. The Kier molecular flexibility index (Phi) is 12.9. The lowest BCUT2D eigenvalue weighted by Crippen LogP contribution is -2.57. The molecule has 2 saturated carbocycles. The Morgan fingerprint density at radius 1 is 0.972 bits per heavy atom. The zero-order valence-electron chi connectivity index (χ0n) is 40.8. The highest BCUT2D eigenvalue weighted by molar-refractivity contribution is 7.90. The molecule has 2 aromatic heterocycles. The number of pyridine rings is 1. The standard InChI is InChI=1S/C53H63FN8O9S/c1-33-5-3-4-6-39(33)47-32-70-22-20-60(47)37-26-53(27-37)16-18-59(19-17-53)36-7-9-40(44(23-36)61-30-35-31-69-21-13-48(35)71-51-46(61)25-41-42(54)29-56-49(41)57-51)50(63)58-72(67,68)38-8-10-43(45(24-38)62(65)66)55-28-34-11-14-52(2,64)15-12-34/h3-10,23-25,29,34-35,37,47-48,55,64H,11-22,26-28,30-32H2,1-2H3,(H,56,57)(H,58,63)/t34-,35-,47+,48-,52-/m1/s1. The zero-order valence-corrected chi connectivity index (χ0v) is 41.6. The molecule has 6 aliphatic rings. The van der Waals surface area contributed by atoms with Gasteiger partial charge in [0.25, 0.3) is 21.6 Å². The maximum atomic E-state index is 15.4. The number of aliphatic hydroxyl groups is 1. The third kappa shape index (κ3) is 9.49. The number of rotatable bonds is 11. The van der Waals surface area contributed by atoms with Crippen molar-refractivity contribution in [1.29, 1.82) is 0 Å². The summed E-state index contributed by atoms with van der Waals surface area (Å²) in [6, 6.07) is 19.8. The fourth-order valence-corrected chi connectivity index (χ4v) is 13.3. The lowest BCUT2D eigenvalue weighted by molar-refractivity contribution is -0.384. The number of nitro groups is 1. The van der Waals surface area contributed by atoms with Crippen LogP contribution in [0.1, 0.15) is 92.2 Å². The fourth-order valence-electron chi connectivity index (χ4n) is 12.3. The molecule has 3 aromatic carbocycles.